The predicted molar refractivity (Wildman–Crippen MR) is 166 cm³/mol. The van der Waals surface area contributed by atoms with Gasteiger partial charge in [0.25, 0.3) is 15.9 Å². The van der Waals surface area contributed by atoms with Gasteiger partial charge in [-0.25, -0.2) is 13.2 Å². The van der Waals surface area contributed by atoms with Gasteiger partial charge in [-0.2, -0.15) is 0 Å². The molecule has 0 aliphatic carbocycles. The van der Waals surface area contributed by atoms with Crippen LogP contribution in [0.25, 0.3) is 10.8 Å². The van der Waals surface area contributed by atoms with Crippen molar-refractivity contribution in [1.29, 1.82) is 0 Å². The fourth-order valence-corrected chi connectivity index (χ4v) is 7.81. The Bertz CT molecular complexity index is 1760. The molecular weight excluding hydrogens is 595 g/mol. The molecule has 0 spiro atoms. The molecule has 1 heterocycles. The number of carboxylic acids is 1. The van der Waals surface area contributed by atoms with Gasteiger partial charge in [0.15, 0.2) is 0 Å². The summed E-state index contributed by atoms with van der Waals surface area (Å²) in [5, 5.41) is 11.7. The third kappa shape index (κ3) is 5.98. The summed E-state index contributed by atoms with van der Waals surface area (Å²) < 4.78 is 29.0. The highest BCUT2D eigenvalue weighted by molar-refractivity contribution is 7.93. The van der Waals surface area contributed by atoms with E-state index >= 15 is 0 Å². The van der Waals surface area contributed by atoms with E-state index < -0.39 is 22.0 Å². The minimum absolute atomic E-state index is 0.104. The van der Waals surface area contributed by atoms with E-state index in [1.165, 1.54) is 23.8 Å². The number of amides is 1. The van der Waals surface area contributed by atoms with Crippen LogP contribution in [-0.2, 0) is 27.8 Å². The second-order valence-corrected chi connectivity index (χ2v) is 13.0. The summed E-state index contributed by atoms with van der Waals surface area (Å²) in [6.07, 6.45) is 2.06. The van der Waals surface area contributed by atoms with Crippen molar-refractivity contribution in [2.75, 3.05) is 10.8 Å². The highest BCUT2D eigenvalue weighted by atomic mass is 35.5. The Hall–Kier alpha value is -3.59. The zero-order valence-corrected chi connectivity index (χ0v) is 25.3. The topological polar surface area (TPSA) is 95.0 Å². The average molecular weight is 626 g/mol. The van der Waals surface area contributed by atoms with Crippen molar-refractivity contribution in [2.24, 2.45) is 0 Å². The van der Waals surface area contributed by atoms with Gasteiger partial charge in [0.2, 0.25) is 0 Å². The maximum Gasteiger partial charge on any atom is 0.327 e. The first-order valence-electron chi connectivity index (χ1n) is 13.7. The number of carboxylic acid groups (broad SMARTS) is 1. The van der Waals surface area contributed by atoms with Crippen LogP contribution >= 0.6 is 23.2 Å². The molecule has 218 valence electrons. The molecule has 1 amide bonds. The Balaban J connectivity index is 1.58. The van der Waals surface area contributed by atoms with E-state index in [2.05, 4.69) is 6.07 Å². The van der Waals surface area contributed by atoms with Crippen molar-refractivity contribution >= 4 is 61.6 Å². The van der Waals surface area contributed by atoms with Gasteiger partial charge in [0.1, 0.15) is 6.04 Å². The number of benzene rings is 4. The molecule has 0 radical (unpaired) electrons. The number of anilines is 1. The zero-order valence-electron chi connectivity index (χ0n) is 23.0. The molecule has 0 saturated heterocycles. The number of aliphatic carboxylic acids is 1. The number of rotatable bonds is 9. The quantitative estimate of drug-likeness (QED) is 0.213. The molecule has 1 aliphatic rings. The Morgan fingerprint density at radius 2 is 1.67 bits per heavy atom. The molecule has 10 heteroatoms. The highest BCUT2D eigenvalue weighted by Crippen LogP contribution is 2.34. The number of hydrogen-bond donors (Lipinski definition) is 1. The summed E-state index contributed by atoms with van der Waals surface area (Å²) in [5.41, 5.74) is 3.02. The first-order valence-corrected chi connectivity index (χ1v) is 15.9. The molecule has 1 aliphatic heterocycles. The van der Waals surface area contributed by atoms with Crippen molar-refractivity contribution < 1.29 is 23.1 Å². The Labute approximate surface area is 255 Å². The second kappa shape index (κ2) is 12.3. The van der Waals surface area contributed by atoms with Crippen LogP contribution in [0.1, 0.15) is 47.7 Å². The van der Waals surface area contributed by atoms with Crippen LogP contribution in [0.4, 0.5) is 5.69 Å². The largest absolute Gasteiger partial charge is 0.480 e. The molecule has 7 nitrogen and oxygen atoms in total. The summed E-state index contributed by atoms with van der Waals surface area (Å²) in [6, 6.07) is 20.8. The third-order valence-electron chi connectivity index (χ3n) is 7.56. The van der Waals surface area contributed by atoms with Crippen LogP contribution in [0.15, 0.2) is 83.8 Å². The summed E-state index contributed by atoms with van der Waals surface area (Å²) in [7, 11) is -4.41. The van der Waals surface area contributed by atoms with E-state index in [1.54, 1.807) is 36.4 Å². The van der Waals surface area contributed by atoms with Crippen LogP contribution in [0.5, 0.6) is 0 Å². The normalized spacial score (nSPS) is 13.9. The minimum atomic E-state index is -4.41. The van der Waals surface area contributed by atoms with Crippen molar-refractivity contribution in [2.45, 2.75) is 50.1 Å². The van der Waals surface area contributed by atoms with Gasteiger partial charge in [-0.1, -0.05) is 85.4 Å². The van der Waals surface area contributed by atoms with E-state index in [-0.39, 0.29) is 33.0 Å². The van der Waals surface area contributed by atoms with Gasteiger partial charge in [-0.05, 0) is 71.1 Å². The highest BCUT2D eigenvalue weighted by Gasteiger charge is 2.36. The smallest absolute Gasteiger partial charge is 0.327 e. The summed E-state index contributed by atoms with van der Waals surface area (Å²) in [4.78, 5) is 27.8. The number of halogens is 2. The van der Waals surface area contributed by atoms with Crippen LogP contribution in [-0.4, -0.2) is 42.9 Å². The molecule has 42 heavy (non-hydrogen) atoms. The van der Waals surface area contributed by atoms with E-state index in [1.807, 2.05) is 30.0 Å². The summed E-state index contributed by atoms with van der Waals surface area (Å²) >= 11 is 12.3. The lowest BCUT2D eigenvalue weighted by atomic mass is 9.98. The molecule has 1 atom stereocenters. The van der Waals surface area contributed by atoms with E-state index in [0.717, 1.165) is 16.3 Å². The van der Waals surface area contributed by atoms with E-state index in [4.69, 9.17) is 23.2 Å². The molecule has 5 rings (SSSR count). The van der Waals surface area contributed by atoms with Crippen molar-refractivity contribution in [3.8, 4) is 0 Å². The molecule has 4 aromatic rings. The number of carbonyl (C=O) groups excluding carboxylic acids is 1. The number of hydrogen-bond acceptors (Lipinski definition) is 4. The lowest BCUT2D eigenvalue weighted by molar-refractivity contribution is -0.138. The Morgan fingerprint density at radius 1 is 0.952 bits per heavy atom. The number of carbonyl (C=O) groups is 2. The first-order chi connectivity index (χ1) is 20.1. The SMILES string of the molecule is CCCCC(C(=O)O)N(c1ccc2c(C(=O)N3CCc4ccccc4C3)cccc2c1)S(=O)(=O)c1cc(Cl)cc(Cl)c1. The monoisotopic (exact) mass is 624 g/mol. The first kappa shape index (κ1) is 29.9. The molecule has 4 aromatic carbocycles. The number of fused-ring (bicyclic) bond motifs is 2. The minimum Gasteiger partial charge on any atom is -0.480 e. The molecule has 0 fully saturated rings. The van der Waals surface area contributed by atoms with Gasteiger partial charge in [0, 0.05) is 28.7 Å². The van der Waals surface area contributed by atoms with Gasteiger partial charge in [0.05, 0.1) is 10.6 Å². The molecule has 1 unspecified atom stereocenters. The average Bonchev–Trinajstić information content (AvgIpc) is 2.97. The van der Waals surface area contributed by atoms with Crippen LogP contribution in [0.3, 0.4) is 0 Å². The third-order valence-corrected chi connectivity index (χ3v) is 9.81. The molecule has 1 N–H and O–H groups in total. The van der Waals surface area contributed by atoms with E-state index in [0.29, 0.717) is 42.3 Å². The van der Waals surface area contributed by atoms with Crippen LogP contribution in [0, 0.1) is 0 Å². The summed E-state index contributed by atoms with van der Waals surface area (Å²) in [6.45, 7) is 3.01. The number of unbranched alkanes of at least 4 members (excludes halogenated alkanes) is 1. The fraction of sp³-hybridized carbons (Fsp3) is 0.250. The fourth-order valence-electron chi connectivity index (χ4n) is 5.45. The van der Waals surface area contributed by atoms with Gasteiger partial charge in [-0.15, -0.1) is 0 Å². The summed E-state index contributed by atoms with van der Waals surface area (Å²) in [5.74, 6) is -1.39. The molecule has 0 saturated carbocycles. The maximum atomic E-state index is 14.0. The maximum absolute atomic E-state index is 14.0. The van der Waals surface area contributed by atoms with Gasteiger partial charge < -0.3 is 10.0 Å². The van der Waals surface area contributed by atoms with Crippen molar-refractivity contribution in [1.82, 2.24) is 4.90 Å². The Kier molecular flexibility index (Phi) is 8.78. The zero-order chi connectivity index (χ0) is 30.0. The lowest BCUT2D eigenvalue weighted by Gasteiger charge is -2.31. The number of nitrogens with zero attached hydrogens (tertiary/aromatic N) is 2. The predicted octanol–water partition coefficient (Wildman–Crippen LogP) is 7.18. The van der Waals surface area contributed by atoms with Crippen molar-refractivity contribution in [3.05, 3.63) is 106 Å². The standard InChI is InChI=1S/C32H30Cl2N2O5S/c1-2-3-11-30(32(38)39)36(42(40,41)27-18-24(33)17-25(34)19-27)26-12-13-28-22(16-26)9-6-10-29(28)31(37)35-15-14-21-7-4-5-8-23(21)20-35/h4-10,12-13,16-19,30H,2-3,11,14-15,20H2,1H3,(H,38,39). The number of sulfonamides is 1. The second-order valence-electron chi connectivity index (χ2n) is 10.4. The lowest BCUT2D eigenvalue weighted by Crippen LogP contribution is -2.45. The van der Waals surface area contributed by atoms with Crippen LogP contribution < -0.4 is 4.31 Å². The van der Waals surface area contributed by atoms with Crippen molar-refractivity contribution in [3.63, 3.8) is 0 Å². The molecule has 0 bridgehead atoms. The van der Waals surface area contributed by atoms with Gasteiger partial charge >= 0.3 is 5.97 Å². The Morgan fingerprint density at radius 3 is 2.36 bits per heavy atom. The molecule has 0 aromatic heterocycles. The molecular formula is C32H30Cl2N2O5S. The van der Waals surface area contributed by atoms with E-state index in [9.17, 15) is 23.1 Å². The van der Waals surface area contributed by atoms with Crippen LogP contribution in [0.2, 0.25) is 10.0 Å². The van der Waals surface area contributed by atoms with Gasteiger partial charge in [-0.3, -0.25) is 9.10 Å².